The molecule has 2 aromatic carbocycles. The first-order chi connectivity index (χ1) is 16.8. The van der Waals surface area contributed by atoms with Crippen molar-refractivity contribution in [1.29, 1.82) is 0 Å². The minimum absolute atomic E-state index is 0.0205. The van der Waals surface area contributed by atoms with Crippen molar-refractivity contribution in [3.63, 3.8) is 0 Å². The van der Waals surface area contributed by atoms with Gasteiger partial charge in [-0.1, -0.05) is 49.4 Å². The summed E-state index contributed by atoms with van der Waals surface area (Å²) in [6.45, 7) is 1.75. The maximum absolute atomic E-state index is 13.5. The minimum Gasteiger partial charge on any atom is -0.508 e. The standard InChI is InChI=1S/C24H22N4O6S/c1-13(14-6-4-3-5-7-14)19(20(30)27-23-25-17(12-35-23)22(32)34-2)28-21(31)18(26-24(28)33)15-8-10-16(29)11-9-15/h3-13,18-19,29H,1-2H3,(H,26,33)(H,25,27,30)/t13-,18+,19-/m0/s1. The van der Waals surface area contributed by atoms with Crippen LogP contribution in [0.4, 0.5) is 9.93 Å². The zero-order valence-corrected chi connectivity index (χ0v) is 19.6. The fraction of sp³-hybridized carbons (Fsp3) is 0.208. The summed E-state index contributed by atoms with van der Waals surface area (Å²) in [5, 5.41) is 16.4. The fourth-order valence-electron chi connectivity index (χ4n) is 3.87. The summed E-state index contributed by atoms with van der Waals surface area (Å²) >= 11 is 1.02. The monoisotopic (exact) mass is 494 g/mol. The van der Waals surface area contributed by atoms with Gasteiger partial charge in [-0.2, -0.15) is 0 Å². The number of aromatic hydroxyl groups is 1. The van der Waals surface area contributed by atoms with Crippen LogP contribution in [0.15, 0.2) is 60.0 Å². The van der Waals surface area contributed by atoms with Crippen LogP contribution in [0.3, 0.4) is 0 Å². The van der Waals surface area contributed by atoms with Crippen molar-refractivity contribution < 1.29 is 29.0 Å². The molecule has 0 unspecified atom stereocenters. The highest BCUT2D eigenvalue weighted by atomic mass is 32.1. The second-order valence-electron chi connectivity index (χ2n) is 7.85. The molecule has 1 saturated heterocycles. The van der Waals surface area contributed by atoms with Gasteiger partial charge in [0.25, 0.3) is 5.91 Å². The molecule has 180 valence electrons. The van der Waals surface area contributed by atoms with Gasteiger partial charge in [0.05, 0.1) is 7.11 Å². The number of hydrogen-bond acceptors (Lipinski definition) is 8. The normalized spacial score (nSPS) is 17.0. The van der Waals surface area contributed by atoms with Gasteiger partial charge < -0.3 is 20.5 Å². The summed E-state index contributed by atoms with van der Waals surface area (Å²) in [5.41, 5.74) is 1.25. The van der Waals surface area contributed by atoms with E-state index in [1.807, 2.05) is 6.07 Å². The van der Waals surface area contributed by atoms with E-state index in [9.17, 15) is 24.3 Å². The van der Waals surface area contributed by atoms with E-state index >= 15 is 0 Å². The number of nitrogens with one attached hydrogen (secondary N) is 2. The van der Waals surface area contributed by atoms with Crippen molar-refractivity contribution in [3.8, 4) is 5.75 Å². The second kappa shape index (κ2) is 9.94. The van der Waals surface area contributed by atoms with Gasteiger partial charge in [0, 0.05) is 11.3 Å². The van der Waals surface area contributed by atoms with Gasteiger partial charge in [-0.25, -0.2) is 19.5 Å². The van der Waals surface area contributed by atoms with Gasteiger partial charge in [-0.3, -0.25) is 9.59 Å². The molecule has 35 heavy (non-hydrogen) atoms. The van der Waals surface area contributed by atoms with Crippen LogP contribution in [0, 0.1) is 0 Å². The summed E-state index contributed by atoms with van der Waals surface area (Å²) in [5.74, 6) is -2.43. The summed E-state index contributed by atoms with van der Waals surface area (Å²) < 4.78 is 4.64. The van der Waals surface area contributed by atoms with Gasteiger partial charge in [-0.15, -0.1) is 11.3 Å². The number of rotatable bonds is 7. The summed E-state index contributed by atoms with van der Waals surface area (Å²) in [7, 11) is 1.22. The van der Waals surface area contributed by atoms with E-state index in [2.05, 4.69) is 20.4 Å². The maximum atomic E-state index is 13.5. The first kappa shape index (κ1) is 23.9. The molecule has 1 aromatic heterocycles. The highest BCUT2D eigenvalue weighted by Gasteiger charge is 2.47. The number of nitrogens with zero attached hydrogens (tertiary/aromatic N) is 2. The number of carbonyl (C=O) groups excluding carboxylic acids is 4. The Morgan fingerprint density at radius 2 is 1.83 bits per heavy atom. The number of benzene rings is 2. The van der Waals surface area contributed by atoms with E-state index in [0.717, 1.165) is 21.8 Å². The topological polar surface area (TPSA) is 138 Å². The highest BCUT2D eigenvalue weighted by molar-refractivity contribution is 7.14. The number of aromatic nitrogens is 1. The molecule has 4 amide bonds. The molecule has 1 aliphatic heterocycles. The predicted octanol–water partition coefficient (Wildman–Crippen LogP) is 3.04. The number of esters is 1. The number of thiazole rings is 1. The van der Waals surface area contributed by atoms with E-state index in [1.165, 1.54) is 36.8 Å². The van der Waals surface area contributed by atoms with Gasteiger partial charge >= 0.3 is 12.0 Å². The van der Waals surface area contributed by atoms with Crippen LogP contribution >= 0.6 is 11.3 Å². The maximum Gasteiger partial charge on any atom is 0.357 e. The van der Waals surface area contributed by atoms with Crippen LogP contribution < -0.4 is 10.6 Å². The molecule has 1 aliphatic rings. The Bertz CT molecular complexity index is 1260. The molecule has 0 aliphatic carbocycles. The number of hydrogen-bond donors (Lipinski definition) is 3. The quantitative estimate of drug-likeness (QED) is 0.339. The van der Waals surface area contributed by atoms with E-state index in [1.54, 1.807) is 31.2 Å². The number of anilines is 1. The van der Waals surface area contributed by atoms with Crippen LogP contribution in [-0.4, -0.2) is 52.0 Å². The van der Waals surface area contributed by atoms with Crippen molar-refractivity contribution in [3.05, 3.63) is 76.8 Å². The van der Waals surface area contributed by atoms with E-state index in [4.69, 9.17) is 0 Å². The summed E-state index contributed by atoms with van der Waals surface area (Å²) in [4.78, 5) is 56.5. The van der Waals surface area contributed by atoms with Crippen LogP contribution in [0.2, 0.25) is 0 Å². The molecule has 10 nitrogen and oxygen atoms in total. The molecule has 0 bridgehead atoms. The minimum atomic E-state index is -1.21. The predicted molar refractivity (Wildman–Crippen MR) is 127 cm³/mol. The second-order valence-corrected chi connectivity index (χ2v) is 8.70. The lowest BCUT2D eigenvalue weighted by Crippen LogP contribution is -2.50. The van der Waals surface area contributed by atoms with Crippen LogP contribution in [-0.2, 0) is 14.3 Å². The Morgan fingerprint density at radius 3 is 2.49 bits per heavy atom. The van der Waals surface area contributed by atoms with Gasteiger partial charge in [-0.05, 0) is 23.3 Å². The Hall–Kier alpha value is -4.25. The van der Waals surface area contributed by atoms with Crippen LogP contribution in [0.5, 0.6) is 5.75 Å². The molecule has 3 atom stereocenters. The lowest BCUT2D eigenvalue weighted by Gasteiger charge is -2.29. The van der Waals surface area contributed by atoms with E-state index in [0.29, 0.717) is 5.56 Å². The zero-order valence-electron chi connectivity index (χ0n) is 18.8. The Morgan fingerprint density at radius 1 is 1.14 bits per heavy atom. The third-order valence-corrected chi connectivity index (χ3v) is 6.43. The van der Waals surface area contributed by atoms with E-state index in [-0.39, 0.29) is 16.6 Å². The van der Waals surface area contributed by atoms with Crippen molar-refractivity contribution in [1.82, 2.24) is 15.2 Å². The Labute approximate surface area is 204 Å². The zero-order chi connectivity index (χ0) is 25.1. The molecule has 3 aromatic rings. The van der Waals surface area contributed by atoms with Crippen molar-refractivity contribution in [2.24, 2.45) is 0 Å². The summed E-state index contributed by atoms with van der Waals surface area (Å²) in [6, 6.07) is 12.0. The average molecular weight is 495 g/mol. The number of phenolic OH excluding ortho intramolecular Hbond substituents is 1. The van der Waals surface area contributed by atoms with Crippen LogP contribution in [0.25, 0.3) is 0 Å². The first-order valence-corrected chi connectivity index (χ1v) is 11.5. The van der Waals surface area contributed by atoms with Gasteiger partial charge in [0.2, 0.25) is 5.91 Å². The average Bonchev–Trinajstić information content (AvgIpc) is 3.44. The number of urea groups is 1. The van der Waals surface area contributed by atoms with Crippen LogP contribution in [0.1, 0.15) is 40.5 Å². The smallest absolute Gasteiger partial charge is 0.357 e. The molecule has 11 heteroatoms. The molecule has 4 rings (SSSR count). The number of ether oxygens (including phenoxy) is 1. The Balaban J connectivity index is 1.66. The van der Waals surface area contributed by atoms with Crippen molar-refractivity contribution in [2.75, 3.05) is 12.4 Å². The fourth-order valence-corrected chi connectivity index (χ4v) is 4.55. The molecule has 0 saturated carbocycles. The van der Waals surface area contributed by atoms with Gasteiger partial charge in [0.15, 0.2) is 10.8 Å². The molecule has 2 heterocycles. The Kier molecular flexibility index (Phi) is 6.78. The molecule has 3 N–H and O–H groups in total. The third kappa shape index (κ3) is 4.85. The lowest BCUT2D eigenvalue weighted by atomic mass is 9.91. The molecular formula is C24H22N4O6S. The van der Waals surface area contributed by atoms with E-state index < -0.39 is 41.8 Å². The first-order valence-electron chi connectivity index (χ1n) is 10.6. The summed E-state index contributed by atoms with van der Waals surface area (Å²) in [6.07, 6.45) is 0. The molecule has 1 fully saturated rings. The number of amides is 4. The van der Waals surface area contributed by atoms with Gasteiger partial charge in [0.1, 0.15) is 17.8 Å². The number of carbonyl (C=O) groups is 4. The number of imide groups is 1. The van der Waals surface area contributed by atoms with Crippen molar-refractivity contribution >= 4 is 40.3 Å². The van der Waals surface area contributed by atoms with Crippen molar-refractivity contribution in [2.45, 2.75) is 24.9 Å². The highest BCUT2D eigenvalue weighted by Crippen LogP contribution is 2.31. The SMILES string of the molecule is COC(=O)c1csc(NC(=O)[C@H]([C@@H](C)c2ccccc2)N2C(=O)N[C@H](c3ccc(O)cc3)C2=O)n1. The number of methoxy groups -OCH3 is 1. The largest absolute Gasteiger partial charge is 0.508 e. The lowest BCUT2D eigenvalue weighted by molar-refractivity contribution is -0.134. The third-order valence-electron chi connectivity index (χ3n) is 5.67. The molecular weight excluding hydrogens is 472 g/mol. The molecule has 0 radical (unpaired) electrons. The number of phenols is 1. The molecule has 0 spiro atoms.